The molecular weight excluding hydrogens is 361 g/mol. The van der Waals surface area contributed by atoms with Gasteiger partial charge in [-0.1, -0.05) is 12.1 Å². The molecule has 0 aliphatic heterocycles. The van der Waals surface area contributed by atoms with Crippen LogP contribution in [0.2, 0.25) is 0 Å². The molecule has 0 radical (unpaired) electrons. The normalized spacial score (nSPS) is 14.7. The fourth-order valence-corrected chi connectivity index (χ4v) is 2.37. The highest BCUT2D eigenvalue weighted by Gasteiger charge is 2.56. The number of aromatic nitrogens is 1. The molecule has 0 aliphatic rings. The lowest BCUT2D eigenvalue weighted by atomic mass is 9.84. The zero-order chi connectivity index (χ0) is 16.5. The molecule has 1 unspecified atom stereocenters. The van der Waals surface area contributed by atoms with Gasteiger partial charge in [0.2, 0.25) is 0 Å². The predicted molar refractivity (Wildman–Crippen MR) is 79.9 cm³/mol. The molecular formula is C15H14BrF3N2O. The molecule has 7 heteroatoms. The van der Waals surface area contributed by atoms with Crippen LogP contribution in [0.3, 0.4) is 0 Å². The highest BCUT2D eigenvalue weighted by atomic mass is 79.9. The van der Waals surface area contributed by atoms with E-state index in [2.05, 4.69) is 20.9 Å². The first kappa shape index (κ1) is 16.9. The first-order valence-corrected chi connectivity index (χ1v) is 7.20. The van der Waals surface area contributed by atoms with Crippen molar-refractivity contribution in [3.05, 3.63) is 63.6 Å². The maximum atomic E-state index is 14.7. The lowest BCUT2D eigenvalue weighted by molar-refractivity contribution is -0.193. The summed E-state index contributed by atoms with van der Waals surface area (Å²) in [4.78, 5) is 3.60. The van der Waals surface area contributed by atoms with Gasteiger partial charge >= 0.3 is 5.92 Å². The Morgan fingerprint density at radius 1 is 1.27 bits per heavy atom. The van der Waals surface area contributed by atoms with Crippen molar-refractivity contribution >= 4 is 15.9 Å². The second-order valence-electron chi connectivity index (χ2n) is 4.98. The number of aryl methyl sites for hydroxylation is 1. The van der Waals surface area contributed by atoms with Crippen LogP contribution in [0.25, 0.3) is 0 Å². The van der Waals surface area contributed by atoms with Gasteiger partial charge in [-0.3, -0.25) is 4.98 Å². The van der Waals surface area contributed by atoms with Gasteiger partial charge in [-0.25, -0.2) is 4.39 Å². The van der Waals surface area contributed by atoms with Gasteiger partial charge in [0.1, 0.15) is 11.5 Å². The van der Waals surface area contributed by atoms with Gasteiger partial charge in [0.15, 0.2) is 5.60 Å². The summed E-state index contributed by atoms with van der Waals surface area (Å²) in [5.74, 6) is -4.80. The van der Waals surface area contributed by atoms with Crippen LogP contribution in [0.15, 0.2) is 41.0 Å². The van der Waals surface area contributed by atoms with Crippen LogP contribution in [-0.4, -0.2) is 16.6 Å². The number of rotatable bonds is 4. The summed E-state index contributed by atoms with van der Waals surface area (Å²) in [6, 6.07) is 6.03. The van der Waals surface area contributed by atoms with Gasteiger partial charge < -0.3 is 10.8 Å². The molecule has 0 saturated carbocycles. The molecule has 3 nitrogen and oxygen atoms in total. The molecule has 2 aromatic rings. The van der Waals surface area contributed by atoms with Crippen molar-refractivity contribution in [3.8, 4) is 0 Å². The van der Waals surface area contributed by atoms with E-state index in [0.717, 1.165) is 18.2 Å². The number of nitrogens with two attached hydrogens (primary N) is 1. The zero-order valence-corrected chi connectivity index (χ0v) is 13.2. The predicted octanol–water partition coefficient (Wildman–Crippen LogP) is 3.23. The molecule has 1 aromatic carbocycles. The van der Waals surface area contributed by atoms with E-state index < -0.39 is 35.1 Å². The molecule has 1 aromatic heterocycles. The van der Waals surface area contributed by atoms with Crippen molar-refractivity contribution in [3.63, 3.8) is 0 Å². The van der Waals surface area contributed by atoms with Crippen molar-refractivity contribution in [1.82, 2.24) is 4.98 Å². The topological polar surface area (TPSA) is 59.1 Å². The fourth-order valence-electron chi connectivity index (χ4n) is 2.14. The summed E-state index contributed by atoms with van der Waals surface area (Å²) in [5.41, 5.74) is 1.76. The van der Waals surface area contributed by atoms with E-state index >= 15 is 0 Å². The van der Waals surface area contributed by atoms with Gasteiger partial charge in [0.25, 0.3) is 0 Å². The lowest BCUT2D eigenvalue weighted by Gasteiger charge is -2.35. The average Bonchev–Trinajstić information content (AvgIpc) is 2.46. The van der Waals surface area contributed by atoms with E-state index in [1.54, 1.807) is 6.92 Å². The Bertz CT molecular complexity index is 679. The Balaban J connectivity index is 2.59. The second-order valence-corrected chi connectivity index (χ2v) is 5.90. The highest BCUT2D eigenvalue weighted by molar-refractivity contribution is 9.10. The largest absolute Gasteiger partial charge is 0.377 e. The quantitative estimate of drug-likeness (QED) is 0.863. The summed E-state index contributed by atoms with van der Waals surface area (Å²) in [5, 5.41) is 10.4. The summed E-state index contributed by atoms with van der Waals surface area (Å²) < 4.78 is 44.0. The van der Waals surface area contributed by atoms with E-state index in [9.17, 15) is 18.3 Å². The number of aliphatic hydroxyl groups is 1. The fraction of sp³-hybridized carbons (Fsp3) is 0.267. The van der Waals surface area contributed by atoms with E-state index in [1.165, 1.54) is 18.3 Å². The Labute approximate surface area is 134 Å². The number of hydrogen-bond acceptors (Lipinski definition) is 3. The van der Waals surface area contributed by atoms with Crippen molar-refractivity contribution in [2.24, 2.45) is 5.73 Å². The first-order chi connectivity index (χ1) is 10.2. The zero-order valence-electron chi connectivity index (χ0n) is 11.7. The summed E-state index contributed by atoms with van der Waals surface area (Å²) in [6.07, 6.45) is 1.17. The molecule has 3 N–H and O–H groups in total. The maximum absolute atomic E-state index is 14.7. The maximum Gasteiger partial charge on any atom is 0.323 e. The molecule has 118 valence electrons. The van der Waals surface area contributed by atoms with Gasteiger partial charge in [0, 0.05) is 22.8 Å². The van der Waals surface area contributed by atoms with Crippen LogP contribution in [-0.2, 0) is 11.5 Å². The average molecular weight is 375 g/mol. The van der Waals surface area contributed by atoms with Gasteiger partial charge in [-0.15, -0.1) is 0 Å². The SMILES string of the molecule is Cc1ccc(C(O)(CN)C(F)(F)c2ccc(Br)cn2)c(F)c1. The van der Waals surface area contributed by atoms with Crippen molar-refractivity contribution < 1.29 is 18.3 Å². The number of pyridine rings is 1. The van der Waals surface area contributed by atoms with Crippen LogP contribution in [0, 0.1) is 12.7 Å². The number of halogens is 4. The second kappa shape index (κ2) is 5.98. The first-order valence-electron chi connectivity index (χ1n) is 6.41. The lowest BCUT2D eigenvalue weighted by Crippen LogP contribution is -2.50. The van der Waals surface area contributed by atoms with E-state index in [0.29, 0.717) is 10.0 Å². The standard InChI is InChI=1S/C15H14BrF3N2O/c1-9-2-4-11(12(17)6-9)14(22,8-20)15(18,19)13-5-3-10(16)7-21-13/h2-7,22H,8,20H2,1H3. The van der Waals surface area contributed by atoms with Crippen molar-refractivity contribution in [2.45, 2.75) is 18.4 Å². The molecule has 0 fully saturated rings. The van der Waals surface area contributed by atoms with Crippen LogP contribution in [0.4, 0.5) is 13.2 Å². The monoisotopic (exact) mass is 374 g/mol. The van der Waals surface area contributed by atoms with Crippen LogP contribution < -0.4 is 5.73 Å². The minimum atomic E-state index is -3.86. The number of benzene rings is 1. The molecule has 0 spiro atoms. The third-order valence-corrected chi connectivity index (χ3v) is 3.90. The molecule has 0 amide bonds. The summed E-state index contributed by atoms with van der Waals surface area (Å²) in [7, 11) is 0. The number of hydrogen-bond donors (Lipinski definition) is 2. The Morgan fingerprint density at radius 2 is 1.95 bits per heavy atom. The van der Waals surface area contributed by atoms with E-state index in [-0.39, 0.29) is 0 Å². The molecule has 1 heterocycles. The molecule has 22 heavy (non-hydrogen) atoms. The van der Waals surface area contributed by atoms with Crippen LogP contribution >= 0.6 is 15.9 Å². The number of alkyl halides is 2. The highest BCUT2D eigenvalue weighted by Crippen LogP contribution is 2.45. The summed E-state index contributed by atoms with van der Waals surface area (Å²) in [6.45, 7) is 0.751. The molecule has 0 bridgehead atoms. The Kier molecular flexibility index (Phi) is 4.60. The van der Waals surface area contributed by atoms with E-state index in [4.69, 9.17) is 5.73 Å². The third-order valence-electron chi connectivity index (χ3n) is 3.43. The molecule has 0 aliphatic carbocycles. The van der Waals surface area contributed by atoms with Gasteiger partial charge in [-0.2, -0.15) is 8.78 Å². The Hall–Kier alpha value is -1.44. The third kappa shape index (κ3) is 2.76. The van der Waals surface area contributed by atoms with Crippen LogP contribution in [0.5, 0.6) is 0 Å². The minimum Gasteiger partial charge on any atom is -0.377 e. The van der Waals surface area contributed by atoms with E-state index in [1.807, 2.05) is 0 Å². The smallest absolute Gasteiger partial charge is 0.323 e. The molecule has 2 rings (SSSR count). The summed E-state index contributed by atoms with van der Waals surface area (Å²) >= 11 is 3.09. The molecule has 0 saturated heterocycles. The van der Waals surface area contributed by atoms with Crippen molar-refractivity contribution in [1.29, 1.82) is 0 Å². The van der Waals surface area contributed by atoms with Crippen LogP contribution in [0.1, 0.15) is 16.8 Å². The van der Waals surface area contributed by atoms with Gasteiger partial charge in [0.05, 0.1) is 0 Å². The van der Waals surface area contributed by atoms with Gasteiger partial charge in [-0.05, 0) is 46.6 Å². The number of nitrogens with zero attached hydrogens (tertiary/aromatic N) is 1. The van der Waals surface area contributed by atoms with Crippen molar-refractivity contribution in [2.75, 3.05) is 6.54 Å². The minimum absolute atomic E-state index is 0.504. The molecule has 1 atom stereocenters. The Morgan fingerprint density at radius 3 is 2.45 bits per heavy atom.